The Kier molecular flexibility index (Phi) is 6.75. The molecule has 2 amide bonds. The fourth-order valence-corrected chi connectivity index (χ4v) is 3.82. The first-order chi connectivity index (χ1) is 12.0. The Balaban J connectivity index is 0.00000243. The van der Waals surface area contributed by atoms with Crippen LogP contribution in [0.4, 0.5) is 11.4 Å². The van der Waals surface area contributed by atoms with Crippen molar-refractivity contribution in [2.24, 2.45) is 11.8 Å². The summed E-state index contributed by atoms with van der Waals surface area (Å²) >= 11 is 0. The molecule has 2 fully saturated rings. The third kappa shape index (κ3) is 4.41. The lowest BCUT2D eigenvalue weighted by Gasteiger charge is -2.33. The van der Waals surface area contributed by atoms with E-state index in [9.17, 15) is 9.59 Å². The highest BCUT2D eigenvalue weighted by Crippen LogP contribution is 2.32. The SMILES string of the molecule is COc1ccc(N)c(NC(=O)C2CC(=O)N(C3CCC(C)CC3)C2)c1.Cl. The topological polar surface area (TPSA) is 84.7 Å². The summed E-state index contributed by atoms with van der Waals surface area (Å²) in [6, 6.07) is 5.44. The summed E-state index contributed by atoms with van der Waals surface area (Å²) in [7, 11) is 1.57. The number of hydrogen-bond acceptors (Lipinski definition) is 4. The van der Waals surface area contributed by atoms with Gasteiger partial charge in [0.2, 0.25) is 11.8 Å². The summed E-state index contributed by atoms with van der Waals surface area (Å²) < 4.78 is 5.17. The number of methoxy groups -OCH3 is 1. The van der Waals surface area contributed by atoms with E-state index >= 15 is 0 Å². The maximum absolute atomic E-state index is 12.6. The van der Waals surface area contributed by atoms with Crippen molar-refractivity contribution >= 4 is 35.6 Å². The number of nitrogen functional groups attached to an aromatic ring is 1. The van der Waals surface area contributed by atoms with Crippen molar-refractivity contribution in [3.05, 3.63) is 18.2 Å². The number of carbonyl (C=O) groups is 2. The molecule has 1 aliphatic carbocycles. The Morgan fingerprint density at radius 3 is 2.62 bits per heavy atom. The average molecular weight is 382 g/mol. The van der Waals surface area contributed by atoms with Crippen LogP contribution in [0.15, 0.2) is 18.2 Å². The molecule has 0 spiro atoms. The van der Waals surface area contributed by atoms with E-state index < -0.39 is 0 Å². The van der Waals surface area contributed by atoms with Crippen molar-refractivity contribution in [1.29, 1.82) is 0 Å². The van der Waals surface area contributed by atoms with Crippen LogP contribution in [0.2, 0.25) is 0 Å². The first kappa shape index (κ1) is 20.4. The van der Waals surface area contributed by atoms with Crippen molar-refractivity contribution in [1.82, 2.24) is 4.90 Å². The molecule has 1 heterocycles. The van der Waals surface area contributed by atoms with E-state index in [1.165, 1.54) is 0 Å². The molecule has 3 N–H and O–H groups in total. The van der Waals surface area contributed by atoms with Crippen molar-refractivity contribution in [3.63, 3.8) is 0 Å². The third-order valence-electron chi connectivity index (χ3n) is 5.47. The zero-order valence-corrected chi connectivity index (χ0v) is 16.2. The summed E-state index contributed by atoms with van der Waals surface area (Å²) in [5, 5.41) is 2.86. The van der Waals surface area contributed by atoms with Crippen LogP contribution in [0, 0.1) is 11.8 Å². The van der Waals surface area contributed by atoms with Gasteiger partial charge >= 0.3 is 0 Å². The number of ether oxygens (including phenoxy) is 1. The fourth-order valence-electron chi connectivity index (χ4n) is 3.82. The van der Waals surface area contributed by atoms with Crippen LogP contribution in [0.25, 0.3) is 0 Å². The Hall–Kier alpha value is -1.95. The number of nitrogens with two attached hydrogens (primary N) is 1. The van der Waals surface area contributed by atoms with Crippen LogP contribution in [0.1, 0.15) is 39.0 Å². The van der Waals surface area contributed by atoms with Gasteiger partial charge in [0.1, 0.15) is 5.75 Å². The van der Waals surface area contributed by atoms with E-state index in [-0.39, 0.29) is 36.6 Å². The summed E-state index contributed by atoms with van der Waals surface area (Å²) in [4.78, 5) is 26.9. The molecular formula is C19H28ClN3O3. The van der Waals surface area contributed by atoms with E-state index in [2.05, 4.69) is 12.2 Å². The molecule has 7 heteroatoms. The van der Waals surface area contributed by atoms with E-state index in [1.807, 2.05) is 4.90 Å². The Bertz CT molecular complexity index is 659. The van der Waals surface area contributed by atoms with E-state index in [0.717, 1.165) is 31.6 Å². The maximum atomic E-state index is 12.6. The molecule has 26 heavy (non-hydrogen) atoms. The van der Waals surface area contributed by atoms with Gasteiger partial charge in [-0.25, -0.2) is 0 Å². The van der Waals surface area contributed by atoms with Gasteiger partial charge in [-0.2, -0.15) is 0 Å². The predicted octanol–water partition coefficient (Wildman–Crippen LogP) is 3.06. The number of likely N-dealkylation sites (tertiary alicyclic amines) is 1. The largest absolute Gasteiger partial charge is 0.497 e. The molecule has 6 nitrogen and oxygen atoms in total. The van der Waals surface area contributed by atoms with Crippen molar-refractivity contribution in [2.45, 2.75) is 45.1 Å². The Morgan fingerprint density at radius 2 is 1.96 bits per heavy atom. The molecule has 1 atom stereocenters. The highest BCUT2D eigenvalue weighted by molar-refractivity contribution is 5.99. The fraction of sp³-hybridized carbons (Fsp3) is 0.579. The number of nitrogens with zero attached hydrogens (tertiary/aromatic N) is 1. The molecule has 1 unspecified atom stereocenters. The number of hydrogen-bond donors (Lipinski definition) is 2. The molecule has 1 saturated carbocycles. The number of benzene rings is 1. The van der Waals surface area contributed by atoms with Gasteiger partial charge in [0, 0.05) is 25.1 Å². The Morgan fingerprint density at radius 1 is 1.27 bits per heavy atom. The maximum Gasteiger partial charge on any atom is 0.229 e. The van der Waals surface area contributed by atoms with Crippen molar-refractivity contribution in [2.75, 3.05) is 24.7 Å². The average Bonchev–Trinajstić information content (AvgIpc) is 2.99. The van der Waals surface area contributed by atoms with Crippen LogP contribution >= 0.6 is 12.4 Å². The highest BCUT2D eigenvalue weighted by atomic mass is 35.5. The molecule has 1 aliphatic heterocycles. The van der Waals surface area contributed by atoms with Crippen molar-refractivity contribution in [3.8, 4) is 5.75 Å². The zero-order chi connectivity index (χ0) is 18.0. The van der Waals surface area contributed by atoms with E-state index in [0.29, 0.717) is 29.7 Å². The molecule has 1 aromatic rings. The first-order valence-corrected chi connectivity index (χ1v) is 9.01. The molecule has 0 radical (unpaired) electrons. The minimum Gasteiger partial charge on any atom is -0.497 e. The van der Waals surface area contributed by atoms with Crippen LogP contribution in [-0.2, 0) is 9.59 Å². The van der Waals surface area contributed by atoms with E-state index in [4.69, 9.17) is 10.5 Å². The number of nitrogens with one attached hydrogen (secondary N) is 1. The van der Waals surface area contributed by atoms with Crippen molar-refractivity contribution < 1.29 is 14.3 Å². The first-order valence-electron chi connectivity index (χ1n) is 9.01. The summed E-state index contributed by atoms with van der Waals surface area (Å²) in [6.07, 6.45) is 4.69. The van der Waals surface area contributed by atoms with Crippen LogP contribution in [0.3, 0.4) is 0 Å². The lowest BCUT2D eigenvalue weighted by Crippen LogP contribution is -2.39. The molecule has 1 saturated heterocycles. The number of carbonyl (C=O) groups excluding carboxylic acids is 2. The number of amides is 2. The lowest BCUT2D eigenvalue weighted by atomic mass is 9.87. The van der Waals surface area contributed by atoms with Gasteiger partial charge in [-0.05, 0) is 43.7 Å². The number of rotatable bonds is 4. The van der Waals surface area contributed by atoms with Crippen LogP contribution in [-0.4, -0.2) is 36.4 Å². The summed E-state index contributed by atoms with van der Waals surface area (Å²) in [5.41, 5.74) is 6.94. The number of anilines is 2. The molecular weight excluding hydrogens is 354 g/mol. The zero-order valence-electron chi connectivity index (χ0n) is 15.4. The molecule has 144 valence electrons. The molecule has 3 rings (SSSR count). The van der Waals surface area contributed by atoms with Gasteiger partial charge in [-0.3, -0.25) is 9.59 Å². The number of halogens is 1. The second-order valence-electron chi connectivity index (χ2n) is 7.30. The lowest BCUT2D eigenvalue weighted by molar-refractivity contribution is -0.130. The predicted molar refractivity (Wildman–Crippen MR) is 105 cm³/mol. The second kappa shape index (κ2) is 8.62. The minimum atomic E-state index is -0.322. The van der Waals surface area contributed by atoms with Gasteiger partial charge in [-0.1, -0.05) is 6.92 Å². The molecule has 0 bridgehead atoms. The normalized spacial score (nSPS) is 25.5. The molecule has 1 aromatic carbocycles. The van der Waals surface area contributed by atoms with Gasteiger partial charge < -0.3 is 20.7 Å². The van der Waals surface area contributed by atoms with Gasteiger partial charge in [0.25, 0.3) is 0 Å². The standard InChI is InChI=1S/C19H27N3O3.ClH/c1-12-3-5-14(6-4-12)22-11-13(9-18(22)23)19(24)21-17-10-15(25-2)7-8-16(17)20;/h7-8,10,12-14H,3-6,9,11,20H2,1-2H3,(H,21,24);1H. The highest BCUT2D eigenvalue weighted by Gasteiger charge is 2.38. The molecule has 2 aliphatic rings. The van der Waals surface area contributed by atoms with E-state index in [1.54, 1.807) is 25.3 Å². The summed E-state index contributed by atoms with van der Waals surface area (Å²) in [6.45, 7) is 2.77. The summed E-state index contributed by atoms with van der Waals surface area (Å²) in [5.74, 6) is 0.991. The van der Waals surface area contributed by atoms with Crippen LogP contribution < -0.4 is 15.8 Å². The van der Waals surface area contributed by atoms with Gasteiger partial charge in [0.15, 0.2) is 0 Å². The molecule has 0 aromatic heterocycles. The smallest absolute Gasteiger partial charge is 0.229 e. The van der Waals surface area contributed by atoms with Crippen LogP contribution in [0.5, 0.6) is 5.75 Å². The monoisotopic (exact) mass is 381 g/mol. The van der Waals surface area contributed by atoms with Gasteiger partial charge in [-0.15, -0.1) is 12.4 Å². The quantitative estimate of drug-likeness (QED) is 0.785. The Labute approximate surface area is 160 Å². The minimum absolute atomic E-state index is 0. The van der Waals surface area contributed by atoms with Gasteiger partial charge in [0.05, 0.1) is 24.4 Å². The third-order valence-corrected chi connectivity index (χ3v) is 5.47. The second-order valence-corrected chi connectivity index (χ2v) is 7.30.